The average Bonchev–Trinajstić information content (AvgIpc) is 2.88. The summed E-state index contributed by atoms with van der Waals surface area (Å²) in [6.45, 7) is 2.19. The Morgan fingerprint density at radius 1 is 1.65 bits per heavy atom. The lowest BCUT2D eigenvalue weighted by molar-refractivity contribution is -0.142. The van der Waals surface area contributed by atoms with Crippen LogP contribution in [0.15, 0.2) is 22.6 Å². The molecule has 0 aromatic carbocycles. The summed E-state index contributed by atoms with van der Waals surface area (Å²) in [5.74, 6) is 0.258. The maximum absolute atomic E-state index is 11.3. The van der Waals surface area contributed by atoms with E-state index in [2.05, 4.69) is 27.7 Å². The number of hydrogen-bond acceptors (Lipinski definition) is 6. The van der Waals surface area contributed by atoms with Gasteiger partial charge in [0.05, 0.1) is 18.7 Å². The van der Waals surface area contributed by atoms with Crippen molar-refractivity contribution in [1.82, 2.24) is 4.98 Å². The van der Waals surface area contributed by atoms with E-state index in [1.54, 1.807) is 6.92 Å². The van der Waals surface area contributed by atoms with E-state index in [0.29, 0.717) is 23.4 Å². The first kappa shape index (κ1) is 14.7. The number of carbonyl (C=O) groups excluding carboxylic acids is 1. The van der Waals surface area contributed by atoms with E-state index in [0.717, 1.165) is 19.3 Å². The van der Waals surface area contributed by atoms with E-state index in [1.165, 1.54) is 11.3 Å². The van der Waals surface area contributed by atoms with Crippen LogP contribution in [0.4, 0.5) is 5.13 Å². The van der Waals surface area contributed by atoms with Gasteiger partial charge in [0.2, 0.25) is 5.13 Å². The third-order valence-corrected chi connectivity index (χ3v) is 3.73. The van der Waals surface area contributed by atoms with Crippen molar-refractivity contribution in [2.45, 2.75) is 32.6 Å². The minimum absolute atomic E-state index is 0.211. The van der Waals surface area contributed by atoms with Crippen LogP contribution < -0.4 is 5.43 Å². The van der Waals surface area contributed by atoms with Crippen LogP contribution in [0.5, 0.6) is 0 Å². The summed E-state index contributed by atoms with van der Waals surface area (Å²) in [4.78, 5) is 15.6. The fourth-order valence-electron chi connectivity index (χ4n) is 1.95. The van der Waals surface area contributed by atoms with Crippen molar-refractivity contribution in [2.24, 2.45) is 11.0 Å². The molecule has 0 radical (unpaired) electrons. The van der Waals surface area contributed by atoms with Crippen molar-refractivity contribution in [3.8, 4) is 0 Å². The van der Waals surface area contributed by atoms with Crippen LogP contribution >= 0.6 is 11.3 Å². The highest BCUT2D eigenvalue weighted by Gasteiger charge is 2.09. The number of nitrogens with one attached hydrogen (secondary N) is 1. The smallest absolute Gasteiger partial charge is 0.311 e. The second kappa shape index (κ2) is 7.79. The van der Waals surface area contributed by atoms with Gasteiger partial charge in [0.1, 0.15) is 0 Å². The fraction of sp³-hybridized carbons (Fsp3) is 0.500. The molecule has 1 unspecified atom stereocenters. The van der Waals surface area contributed by atoms with Gasteiger partial charge in [-0.05, 0) is 32.1 Å². The molecule has 0 aliphatic heterocycles. The van der Waals surface area contributed by atoms with Crippen molar-refractivity contribution in [3.63, 3.8) is 0 Å². The van der Waals surface area contributed by atoms with Gasteiger partial charge >= 0.3 is 5.97 Å². The Bertz CT molecular complexity index is 496. The quantitative estimate of drug-likeness (QED) is 0.379. The molecule has 0 saturated heterocycles. The molecule has 20 heavy (non-hydrogen) atoms. The van der Waals surface area contributed by atoms with Crippen molar-refractivity contribution >= 4 is 28.7 Å². The Morgan fingerprint density at radius 2 is 2.55 bits per heavy atom. The first-order valence-corrected chi connectivity index (χ1v) is 7.70. The SMILES string of the molecule is CCOC(=O)Cc1csc(NN=CC2CC=CCC2)n1. The van der Waals surface area contributed by atoms with E-state index in [-0.39, 0.29) is 12.4 Å². The number of allylic oxidation sites excluding steroid dienone is 2. The van der Waals surface area contributed by atoms with Gasteiger partial charge in [0.25, 0.3) is 0 Å². The molecule has 0 saturated carbocycles. The fourth-order valence-corrected chi connectivity index (χ4v) is 2.61. The summed E-state index contributed by atoms with van der Waals surface area (Å²) in [7, 11) is 0. The lowest BCUT2D eigenvalue weighted by Crippen LogP contribution is -2.07. The number of aromatic nitrogens is 1. The zero-order valence-electron chi connectivity index (χ0n) is 11.5. The highest BCUT2D eigenvalue weighted by molar-refractivity contribution is 7.13. The van der Waals surface area contributed by atoms with Crippen LogP contribution in [0.25, 0.3) is 0 Å². The maximum Gasteiger partial charge on any atom is 0.311 e. The summed E-state index contributed by atoms with van der Waals surface area (Å²) >= 11 is 1.44. The molecule has 1 heterocycles. The number of hydrogen-bond donors (Lipinski definition) is 1. The molecule has 0 bridgehead atoms. The number of anilines is 1. The summed E-state index contributed by atoms with van der Waals surface area (Å²) in [5.41, 5.74) is 3.63. The summed E-state index contributed by atoms with van der Waals surface area (Å²) in [6, 6.07) is 0. The molecule has 108 valence electrons. The normalized spacial score (nSPS) is 18.4. The molecular formula is C14H19N3O2S. The Hall–Kier alpha value is -1.69. The maximum atomic E-state index is 11.3. The standard InChI is InChI=1S/C14H19N3O2S/c1-2-19-13(18)8-12-10-20-14(16-12)17-15-9-11-6-4-3-5-7-11/h3-4,9-11H,2,5-8H2,1H3,(H,16,17). The number of thiazole rings is 1. The Morgan fingerprint density at radius 3 is 3.30 bits per heavy atom. The number of esters is 1. The monoisotopic (exact) mass is 293 g/mol. The largest absolute Gasteiger partial charge is 0.466 e. The summed E-state index contributed by atoms with van der Waals surface area (Å²) in [5, 5.41) is 6.76. The Labute approximate surface area is 122 Å². The molecule has 0 amide bonds. The molecule has 0 fully saturated rings. The molecule has 1 aliphatic rings. The van der Waals surface area contributed by atoms with Crippen LogP contribution in [0.1, 0.15) is 31.9 Å². The number of carbonyl (C=O) groups is 1. The topological polar surface area (TPSA) is 63.6 Å². The summed E-state index contributed by atoms with van der Waals surface area (Å²) < 4.78 is 4.88. The van der Waals surface area contributed by atoms with Crippen molar-refractivity contribution in [3.05, 3.63) is 23.2 Å². The van der Waals surface area contributed by atoms with Gasteiger partial charge in [-0.15, -0.1) is 11.3 Å². The summed E-state index contributed by atoms with van der Waals surface area (Å²) in [6.07, 6.45) is 9.88. The van der Waals surface area contributed by atoms with Gasteiger partial charge in [0, 0.05) is 11.6 Å². The van der Waals surface area contributed by atoms with Crippen molar-refractivity contribution in [2.75, 3.05) is 12.0 Å². The van der Waals surface area contributed by atoms with Gasteiger partial charge in [-0.1, -0.05) is 12.2 Å². The second-order valence-corrected chi connectivity index (χ2v) is 5.42. The molecule has 1 aliphatic carbocycles. The van der Waals surface area contributed by atoms with Gasteiger partial charge in [-0.25, -0.2) is 4.98 Å². The zero-order valence-corrected chi connectivity index (χ0v) is 12.4. The van der Waals surface area contributed by atoms with Crippen LogP contribution in [-0.4, -0.2) is 23.8 Å². The van der Waals surface area contributed by atoms with Crippen LogP contribution in [-0.2, 0) is 16.0 Å². The number of ether oxygens (including phenoxy) is 1. The van der Waals surface area contributed by atoms with Crippen LogP contribution in [0.2, 0.25) is 0 Å². The molecule has 0 spiro atoms. The van der Waals surface area contributed by atoms with E-state index in [9.17, 15) is 4.79 Å². The third kappa shape index (κ3) is 4.77. The molecule has 1 N–H and O–H groups in total. The van der Waals surface area contributed by atoms with Crippen molar-refractivity contribution in [1.29, 1.82) is 0 Å². The number of rotatable bonds is 6. The second-order valence-electron chi connectivity index (χ2n) is 4.56. The van der Waals surface area contributed by atoms with E-state index in [4.69, 9.17) is 4.74 Å². The van der Waals surface area contributed by atoms with Gasteiger partial charge < -0.3 is 4.74 Å². The van der Waals surface area contributed by atoms with Crippen LogP contribution in [0, 0.1) is 5.92 Å². The minimum atomic E-state index is -0.248. The van der Waals surface area contributed by atoms with E-state index >= 15 is 0 Å². The lowest BCUT2D eigenvalue weighted by atomic mass is 9.96. The van der Waals surface area contributed by atoms with Gasteiger partial charge in [0.15, 0.2) is 0 Å². The molecule has 5 nitrogen and oxygen atoms in total. The zero-order chi connectivity index (χ0) is 14.2. The number of nitrogens with zero attached hydrogens (tertiary/aromatic N) is 2. The Balaban J connectivity index is 1.79. The van der Waals surface area contributed by atoms with Gasteiger partial charge in [-0.2, -0.15) is 5.10 Å². The highest BCUT2D eigenvalue weighted by atomic mass is 32.1. The minimum Gasteiger partial charge on any atom is -0.466 e. The predicted molar refractivity (Wildman–Crippen MR) is 81.0 cm³/mol. The molecule has 1 aromatic rings. The predicted octanol–water partition coefficient (Wildman–Crippen LogP) is 3.00. The van der Waals surface area contributed by atoms with E-state index in [1.807, 2.05) is 11.6 Å². The van der Waals surface area contributed by atoms with Crippen molar-refractivity contribution < 1.29 is 9.53 Å². The first-order valence-electron chi connectivity index (χ1n) is 6.82. The number of hydrazone groups is 1. The molecule has 2 rings (SSSR count). The first-order chi connectivity index (χ1) is 9.78. The molecule has 6 heteroatoms. The molecule has 1 atom stereocenters. The highest BCUT2D eigenvalue weighted by Crippen LogP contribution is 2.18. The Kier molecular flexibility index (Phi) is 5.73. The van der Waals surface area contributed by atoms with Gasteiger partial charge in [-0.3, -0.25) is 10.2 Å². The third-order valence-electron chi connectivity index (χ3n) is 2.94. The van der Waals surface area contributed by atoms with Crippen LogP contribution in [0.3, 0.4) is 0 Å². The lowest BCUT2D eigenvalue weighted by Gasteiger charge is -2.11. The molecular weight excluding hydrogens is 274 g/mol. The average molecular weight is 293 g/mol. The van der Waals surface area contributed by atoms with E-state index < -0.39 is 0 Å². The molecule has 1 aromatic heterocycles.